The molecule has 0 saturated heterocycles. The minimum atomic E-state index is 0.228. The van der Waals surface area contributed by atoms with Crippen molar-refractivity contribution in [3.63, 3.8) is 0 Å². The highest BCUT2D eigenvalue weighted by molar-refractivity contribution is 7.09. The summed E-state index contributed by atoms with van der Waals surface area (Å²) in [6.07, 6.45) is 3.69. The Bertz CT molecular complexity index is 704. The molecule has 0 spiro atoms. The van der Waals surface area contributed by atoms with Gasteiger partial charge >= 0.3 is 0 Å². The first-order valence-electron chi connectivity index (χ1n) is 6.91. The fourth-order valence-corrected chi connectivity index (χ4v) is 2.82. The monoisotopic (exact) mass is 295 g/mol. The van der Waals surface area contributed by atoms with E-state index >= 15 is 0 Å². The second-order valence-corrected chi connectivity index (χ2v) is 6.04. The fourth-order valence-electron chi connectivity index (χ4n) is 2.20. The molecule has 3 aromatic rings. The maximum atomic E-state index is 4.51. The highest BCUT2D eigenvalue weighted by Gasteiger charge is 2.06. The minimum Gasteiger partial charge on any atom is -0.378 e. The molecule has 3 nitrogen and oxygen atoms in total. The van der Waals surface area contributed by atoms with Crippen LogP contribution < -0.4 is 5.32 Å². The zero-order valence-electron chi connectivity index (χ0n) is 12.1. The summed E-state index contributed by atoms with van der Waals surface area (Å²) >= 11 is 1.68. The summed E-state index contributed by atoms with van der Waals surface area (Å²) in [5, 5.41) is 6.67. The molecule has 0 radical (unpaired) electrons. The minimum absolute atomic E-state index is 0.228. The first-order chi connectivity index (χ1) is 10.2. The molecule has 3 rings (SSSR count). The summed E-state index contributed by atoms with van der Waals surface area (Å²) in [5.74, 6) is 0. The van der Waals surface area contributed by atoms with Crippen LogP contribution in [-0.2, 0) is 0 Å². The van der Waals surface area contributed by atoms with Gasteiger partial charge in [0, 0.05) is 29.0 Å². The number of pyridine rings is 1. The summed E-state index contributed by atoms with van der Waals surface area (Å²) in [4.78, 5) is 8.67. The molecule has 1 aromatic carbocycles. The molecule has 0 fully saturated rings. The van der Waals surface area contributed by atoms with Crippen molar-refractivity contribution in [1.29, 1.82) is 0 Å². The zero-order valence-corrected chi connectivity index (χ0v) is 12.9. The number of aryl methyl sites for hydroxylation is 1. The quantitative estimate of drug-likeness (QED) is 0.759. The maximum absolute atomic E-state index is 4.51. The van der Waals surface area contributed by atoms with Gasteiger partial charge in [0.2, 0.25) is 0 Å². The number of nitrogens with zero attached hydrogens (tertiary/aromatic N) is 2. The van der Waals surface area contributed by atoms with E-state index in [1.165, 1.54) is 5.56 Å². The van der Waals surface area contributed by atoms with Crippen molar-refractivity contribution in [3.05, 3.63) is 64.7 Å². The molecule has 0 bridgehead atoms. The van der Waals surface area contributed by atoms with E-state index in [4.69, 9.17) is 0 Å². The molecule has 0 aliphatic rings. The standard InChI is InChI=1S/C17H17N3S/c1-12(15-4-3-9-18-10-15)19-16-7-5-14(6-8-16)17-11-21-13(2)20-17/h3-12,19H,1-2H3. The van der Waals surface area contributed by atoms with Crippen molar-refractivity contribution >= 4 is 17.0 Å². The largest absolute Gasteiger partial charge is 0.378 e. The lowest BCUT2D eigenvalue weighted by atomic mass is 10.1. The first-order valence-corrected chi connectivity index (χ1v) is 7.79. The predicted octanol–water partition coefficient (Wildman–Crippen LogP) is 4.69. The summed E-state index contributed by atoms with van der Waals surface area (Å²) in [5.41, 5.74) is 4.47. The van der Waals surface area contributed by atoms with Crippen LogP contribution in [0.5, 0.6) is 0 Å². The molecule has 1 N–H and O–H groups in total. The van der Waals surface area contributed by atoms with Gasteiger partial charge < -0.3 is 5.32 Å². The number of anilines is 1. The normalized spacial score (nSPS) is 12.1. The van der Waals surface area contributed by atoms with E-state index in [2.05, 4.69) is 57.9 Å². The molecule has 0 aliphatic carbocycles. The van der Waals surface area contributed by atoms with Crippen molar-refractivity contribution in [3.8, 4) is 11.3 Å². The van der Waals surface area contributed by atoms with E-state index in [0.29, 0.717) is 0 Å². The maximum Gasteiger partial charge on any atom is 0.0901 e. The second-order valence-electron chi connectivity index (χ2n) is 4.98. The summed E-state index contributed by atoms with van der Waals surface area (Å²) in [6, 6.07) is 12.7. The van der Waals surface area contributed by atoms with Gasteiger partial charge in [0.25, 0.3) is 0 Å². The Morgan fingerprint density at radius 3 is 2.57 bits per heavy atom. The summed E-state index contributed by atoms with van der Waals surface area (Å²) < 4.78 is 0. The van der Waals surface area contributed by atoms with Gasteiger partial charge in [-0.3, -0.25) is 4.98 Å². The average molecular weight is 295 g/mol. The van der Waals surface area contributed by atoms with Crippen molar-refractivity contribution < 1.29 is 0 Å². The third-order valence-electron chi connectivity index (χ3n) is 3.37. The van der Waals surface area contributed by atoms with E-state index in [9.17, 15) is 0 Å². The van der Waals surface area contributed by atoms with Gasteiger partial charge in [0.15, 0.2) is 0 Å². The number of hydrogen-bond acceptors (Lipinski definition) is 4. The SMILES string of the molecule is Cc1nc(-c2ccc(NC(C)c3cccnc3)cc2)cs1. The van der Waals surface area contributed by atoms with E-state index in [1.54, 1.807) is 17.5 Å². The molecule has 1 unspecified atom stereocenters. The molecule has 0 aliphatic heterocycles. The van der Waals surface area contributed by atoms with Crippen LogP contribution in [-0.4, -0.2) is 9.97 Å². The molecule has 0 amide bonds. The third-order valence-corrected chi connectivity index (χ3v) is 4.14. The van der Waals surface area contributed by atoms with Crippen LogP contribution in [0.2, 0.25) is 0 Å². The molecule has 4 heteroatoms. The van der Waals surface area contributed by atoms with E-state index in [1.807, 2.05) is 19.2 Å². The Morgan fingerprint density at radius 1 is 1.14 bits per heavy atom. The van der Waals surface area contributed by atoms with Gasteiger partial charge in [-0.2, -0.15) is 0 Å². The van der Waals surface area contributed by atoms with Crippen LogP contribution in [0.4, 0.5) is 5.69 Å². The van der Waals surface area contributed by atoms with E-state index in [0.717, 1.165) is 22.0 Å². The lowest BCUT2D eigenvalue weighted by Gasteiger charge is -2.15. The van der Waals surface area contributed by atoms with Crippen LogP contribution in [0, 0.1) is 6.92 Å². The van der Waals surface area contributed by atoms with Crippen LogP contribution in [0.3, 0.4) is 0 Å². The van der Waals surface area contributed by atoms with E-state index in [-0.39, 0.29) is 6.04 Å². The predicted molar refractivity (Wildman–Crippen MR) is 88.6 cm³/mol. The van der Waals surface area contributed by atoms with Gasteiger partial charge in [-0.05, 0) is 37.6 Å². The van der Waals surface area contributed by atoms with Gasteiger partial charge in [-0.15, -0.1) is 11.3 Å². The molecule has 2 heterocycles. The number of nitrogens with one attached hydrogen (secondary N) is 1. The Morgan fingerprint density at radius 2 is 1.95 bits per heavy atom. The van der Waals surface area contributed by atoms with Crippen molar-refractivity contribution in [2.24, 2.45) is 0 Å². The third kappa shape index (κ3) is 3.28. The Labute approximate surface area is 128 Å². The van der Waals surface area contributed by atoms with E-state index < -0.39 is 0 Å². The number of rotatable bonds is 4. The van der Waals surface area contributed by atoms with Crippen molar-refractivity contribution in [2.45, 2.75) is 19.9 Å². The van der Waals surface area contributed by atoms with Crippen molar-refractivity contribution in [1.82, 2.24) is 9.97 Å². The number of thiazole rings is 1. The number of aromatic nitrogens is 2. The van der Waals surface area contributed by atoms with Crippen LogP contribution >= 0.6 is 11.3 Å². The highest BCUT2D eigenvalue weighted by atomic mass is 32.1. The van der Waals surface area contributed by atoms with Gasteiger partial charge in [-0.25, -0.2) is 4.98 Å². The molecule has 2 aromatic heterocycles. The number of benzene rings is 1. The molecule has 0 saturated carbocycles. The zero-order chi connectivity index (χ0) is 14.7. The van der Waals surface area contributed by atoms with Crippen LogP contribution in [0.1, 0.15) is 23.5 Å². The second kappa shape index (κ2) is 6.06. The van der Waals surface area contributed by atoms with Gasteiger partial charge in [0.05, 0.1) is 16.7 Å². The molecular weight excluding hydrogens is 278 g/mol. The smallest absolute Gasteiger partial charge is 0.0901 e. The molecule has 21 heavy (non-hydrogen) atoms. The summed E-state index contributed by atoms with van der Waals surface area (Å²) in [6.45, 7) is 4.16. The number of hydrogen-bond donors (Lipinski definition) is 1. The molecule has 1 atom stereocenters. The lowest BCUT2D eigenvalue weighted by Crippen LogP contribution is -2.06. The lowest BCUT2D eigenvalue weighted by molar-refractivity contribution is 0.876. The van der Waals surface area contributed by atoms with Crippen LogP contribution in [0.25, 0.3) is 11.3 Å². The van der Waals surface area contributed by atoms with Crippen molar-refractivity contribution in [2.75, 3.05) is 5.32 Å². The van der Waals surface area contributed by atoms with Gasteiger partial charge in [0.1, 0.15) is 0 Å². The van der Waals surface area contributed by atoms with Gasteiger partial charge in [-0.1, -0.05) is 18.2 Å². The Balaban J connectivity index is 1.73. The topological polar surface area (TPSA) is 37.8 Å². The first kappa shape index (κ1) is 13.8. The summed E-state index contributed by atoms with van der Waals surface area (Å²) in [7, 11) is 0. The fraction of sp³-hybridized carbons (Fsp3) is 0.176. The Hall–Kier alpha value is -2.20. The average Bonchev–Trinajstić information content (AvgIpc) is 2.95. The highest BCUT2D eigenvalue weighted by Crippen LogP contribution is 2.24. The molecule has 106 valence electrons. The Kier molecular flexibility index (Phi) is 3.97. The van der Waals surface area contributed by atoms with Crippen LogP contribution in [0.15, 0.2) is 54.2 Å². The molecular formula is C17H17N3S.